The van der Waals surface area contributed by atoms with Gasteiger partial charge in [-0.25, -0.2) is 4.98 Å². The minimum Gasteiger partial charge on any atom is -0.463 e. The van der Waals surface area contributed by atoms with E-state index in [0.29, 0.717) is 40.7 Å². The number of aryl methyl sites for hydroxylation is 2. The van der Waals surface area contributed by atoms with Gasteiger partial charge >= 0.3 is 0 Å². The number of benzene rings is 1. The van der Waals surface area contributed by atoms with Crippen molar-refractivity contribution in [3.8, 4) is 23.0 Å². The zero-order valence-electron chi connectivity index (χ0n) is 15.9. The molecule has 1 amide bonds. The van der Waals surface area contributed by atoms with Crippen molar-refractivity contribution in [1.82, 2.24) is 20.1 Å². The maximum Gasteiger partial charge on any atom is 0.252 e. The fraction of sp³-hybridized carbons (Fsp3) is 0.190. The summed E-state index contributed by atoms with van der Waals surface area (Å²) in [5.74, 6) is 1.78. The highest BCUT2D eigenvalue weighted by atomic mass is 16.7. The van der Waals surface area contributed by atoms with Gasteiger partial charge in [-0.15, -0.1) is 0 Å². The topological polar surface area (TPSA) is 91.4 Å². The Morgan fingerprint density at radius 3 is 2.90 bits per heavy atom. The second kappa shape index (κ2) is 6.66. The first-order chi connectivity index (χ1) is 14.1. The molecule has 0 saturated carbocycles. The predicted octanol–water partition coefficient (Wildman–Crippen LogP) is 3.20. The molecule has 1 aliphatic heterocycles. The molecule has 4 aromatic rings. The summed E-state index contributed by atoms with van der Waals surface area (Å²) in [5, 5.41) is 8.13. The monoisotopic (exact) mass is 390 g/mol. The minimum atomic E-state index is -0.209. The summed E-state index contributed by atoms with van der Waals surface area (Å²) in [5.41, 5.74) is 3.38. The quantitative estimate of drug-likeness (QED) is 0.575. The van der Waals surface area contributed by atoms with Gasteiger partial charge < -0.3 is 19.2 Å². The van der Waals surface area contributed by atoms with E-state index in [2.05, 4.69) is 15.4 Å². The Labute approximate surface area is 166 Å². The molecule has 4 heterocycles. The number of hydrogen-bond acceptors (Lipinski definition) is 6. The number of aromatic nitrogens is 3. The van der Waals surface area contributed by atoms with Crippen molar-refractivity contribution in [3.05, 3.63) is 59.5 Å². The van der Waals surface area contributed by atoms with Crippen LogP contribution in [0.1, 0.15) is 21.6 Å². The largest absolute Gasteiger partial charge is 0.463 e. The molecule has 0 radical (unpaired) electrons. The van der Waals surface area contributed by atoms with Crippen LogP contribution in [-0.2, 0) is 13.6 Å². The lowest BCUT2D eigenvalue weighted by molar-refractivity contribution is 0.0952. The van der Waals surface area contributed by atoms with Gasteiger partial charge in [0, 0.05) is 13.6 Å². The lowest BCUT2D eigenvalue weighted by atomic mass is 10.1. The molecule has 1 N–H and O–H groups in total. The summed E-state index contributed by atoms with van der Waals surface area (Å²) < 4.78 is 17.9. The normalized spacial score (nSPS) is 12.5. The third-order valence-corrected chi connectivity index (χ3v) is 4.88. The Kier molecular flexibility index (Phi) is 3.97. The fourth-order valence-electron chi connectivity index (χ4n) is 3.50. The number of pyridine rings is 1. The van der Waals surface area contributed by atoms with Crippen molar-refractivity contribution in [2.45, 2.75) is 13.5 Å². The zero-order chi connectivity index (χ0) is 20.0. The number of amides is 1. The van der Waals surface area contributed by atoms with E-state index in [1.165, 1.54) is 0 Å². The standard InChI is InChI=1S/C21H18N4O4/c1-12-19-14(9-15(16-4-3-7-27-16)23-20(19)25(2)24-12)21(26)22-10-13-5-6-17-18(8-13)29-11-28-17/h3-9H,10-11H2,1-2H3,(H,22,26). The highest BCUT2D eigenvalue weighted by Crippen LogP contribution is 2.32. The molecule has 146 valence electrons. The van der Waals surface area contributed by atoms with E-state index in [1.807, 2.05) is 38.2 Å². The van der Waals surface area contributed by atoms with Crippen molar-refractivity contribution in [2.24, 2.45) is 7.05 Å². The van der Waals surface area contributed by atoms with Crippen LogP contribution in [0.5, 0.6) is 11.5 Å². The number of hydrogen-bond donors (Lipinski definition) is 1. The summed E-state index contributed by atoms with van der Waals surface area (Å²) in [6, 6.07) is 11.0. The van der Waals surface area contributed by atoms with Crippen molar-refractivity contribution in [3.63, 3.8) is 0 Å². The summed E-state index contributed by atoms with van der Waals surface area (Å²) in [6.07, 6.45) is 1.58. The van der Waals surface area contributed by atoms with Gasteiger partial charge in [-0.3, -0.25) is 9.48 Å². The molecule has 5 rings (SSSR count). The Morgan fingerprint density at radius 1 is 1.21 bits per heavy atom. The number of rotatable bonds is 4. The van der Waals surface area contributed by atoms with Gasteiger partial charge in [-0.05, 0) is 42.8 Å². The van der Waals surface area contributed by atoms with Gasteiger partial charge in [-0.1, -0.05) is 6.07 Å². The molecular formula is C21H18N4O4. The SMILES string of the molecule is Cc1nn(C)c2nc(-c3ccco3)cc(C(=O)NCc3ccc4c(c3)OCO4)c12. The van der Waals surface area contributed by atoms with E-state index >= 15 is 0 Å². The minimum absolute atomic E-state index is 0.209. The van der Waals surface area contributed by atoms with Gasteiger partial charge in [0.15, 0.2) is 22.9 Å². The maximum atomic E-state index is 13.1. The first-order valence-electron chi connectivity index (χ1n) is 9.15. The van der Waals surface area contributed by atoms with Crippen LogP contribution >= 0.6 is 0 Å². The van der Waals surface area contributed by atoms with E-state index in [4.69, 9.17) is 13.9 Å². The van der Waals surface area contributed by atoms with E-state index in [9.17, 15) is 4.79 Å². The van der Waals surface area contributed by atoms with Gasteiger partial charge in [0.1, 0.15) is 5.69 Å². The molecule has 0 aliphatic carbocycles. The van der Waals surface area contributed by atoms with Crippen molar-refractivity contribution < 1.29 is 18.7 Å². The van der Waals surface area contributed by atoms with E-state index in [1.54, 1.807) is 23.1 Å². The molecule has 0 saturated heterocycles. The molecule has 29 heavy (non-hydrogen) atoms. The van der Waals surface area contributed by atoms with Crippen LogP contribution in [0.3, 0.4) is 0 Å². The van der Waals surface area contributed by atoms with Gasteiger partial charge in [-0.2, -0.15) is 5.10 Å². The second-order valence-corrected chi connectivity index (χ2v) is 6.81. The molecule has 1 aliphatic rings. The maximum absolute atomic E-state index is 13.1. The van der Waals surface area contributed by atoms with Crippen molar-refractivity contribution >= 4 is 16.9 Å². The Hall–Kier alpha value is -3.81. The first kappa shape index (κ1) is 17.3. The summed E-state index contributed by atoms with van der Waals surface area (Å²) >= 11 is 0. The Bertz CT molecular complexity index is 1230. The molecule has 8 nitrogen and oxygen atoms in total. The van der Waals surface area contributed by atoms with Crippen LogP contribution in [0.15, 0.2) is 47.1 Å². The zero-order valence-corrected chi connectivity index (χ0v) is 15.9. The van der Waals surface area contributed by atoms with E-state index in [0.717, 1.165) is 16.6 Å². The van der Waals surface area contributed by atoms with Crippen LogP contribution in [0.25, 0.3) is 22.5 Å². The molecule has 0 spiro atoms. The third-order valence-electron chi connectivity index (χ3n) is 4.88. The molecule has 0 atom stereocenters. The number of ether oxygens (including phenoxy) is 2. The number of nitrogens with zero attached hydrogens (tertiary/aromatic N) is 3. The summed E-state index contributed by atoms with van der Waals surface area (Å²) in [6.45, 7) is 2.44. The first-order valence-corrected chi connectivity index (χ1v) is 9.15. The fourth-order valence-corrected chi connectivity index (χ4v) is 3.50. The van der Waals surface area contributed by atoms with Crippen molar-refractivity contribution in [1.29, 1.82) is 0 Å². The Morgan fingerprint density at radius 2 is 2.07 bits per heavy atom. The Balaban J connectivity index is 1.49. The molecule has 0 unspecified atom stereocenters. The van der Waals surface area contributed by atoms with Crippen LogP contribution in [0, 0.1) is 6.92 Å². The highest BCUT2D eigenvalue weighted by Gasteiger charge is 2.20. The van der Waals surface area contributed by atoms with Crippen molar-refractivity contribution in [2.75, 3.05) is 6.79 Å². The van der Waals surface area contributed by atoms with E-state index in [-0.39, 0.29) is 12.7 Å². The van der Waals surface area contributed by atoms with Crippen LogP contribution in [-0.4, -0.2) is 27.5 Å². The lowest BCUT2D eigenvalue weighted by Crippen LogP contribution is -2.23. The number of nitrogens with one attached hydrogen (secondary N) is 1. The van der Waals surface area contributed by atoms with E-state index < -0.39 is 0 Å². The lowest BCUT2D eigenvalue weighted by Gasteiger charge is -2.09. The summed E-state index contributed by atoms with van der Waals surface area (Å²) in [7, 11) is 1.81. The molecule has 8 heteroatoms. The smallest absolute Gasteiger partial charge is 0.252 e. The molecule has 0 fully saturated rings. The molecule has 3 aromatic heterocycles. The predicted molar refractivity (Wildman–Crippen MR) is 105 cm³/mol. The van der Waals surface area contributed by atoms with Gasteiger partial charge in [0.2, 0.25) is 6.79 Å². The van der Waals surface area contributed by atoms with Gasteiger partial charge in [0.25, 0.3) is 5.91 Å². The number of carbonyl (C=O) groups is 1. The number of fused-ring (bicyclic) bond motifs is 2. The summed E-state index contributed by atoms with van der Waals surface area (Å²) in [4.78, 5) is 17.7. The van der Waals surface area contributed by atoms with Crippen LogP contribution < -0.4 is 14.8 Å². The highest BCUT2D eigenvalue weighted by molar-refractivity contribution is 6.07. The average Bonchev–Trinajstić information content (AvgIpc) is 3.46. The van der Waals surface area contributed by atoms with Gasteiger partial charge in [0.05, 0.1) is 22.9 Å². The van der Waals surface area contributed by atoms with Crippen LogP contribution in [0.4, 0.5) is 0 Å². The molecule has 1 aromatic carbocycles. The molecule has 0 bridgehead atoms. The third kappa shape index (κ3) is 2.98. The number of furan rings is 1. The average molecular weight is 390 g/mol. The van der Waals surface area contributed by atoms with Crippen LogP contribution in [0.2, 0.25) is 0 Å². The second-order valence-electron chi connectivity index (χ2n) is 6.81. The molecular weight excluding hydrogens is 372 g/mol. The number of carbonyl (C=O) groups excluding carboxylic acids is 1.